The third kappa shape index (κ3) is 1.64. The SMILES string of the molecule is COc1ccc2c(c1)CCN=C2SC. The van der Waals surface area contributed by atoms with E-state index in [1.165, 1.54) is 11.1 Å². The number of aliphatic imine (C=N–C) groups is 1. The van der Waals surface area contributed by atoms with E-state index in [2.05, 4.69) is 23.4 Å². The maximum atomic E-state index is 5.20. The van der Waals surface area contributed by atoms with Crippen LogP contribution in [0.15, 0.2) is 23.2 Å². The number of methoxy groups -OCH3 is 1. The van der Waals surface area contributed by atoms with Crippen LogP contribution in [0, 0.1) is 0 Å². The number of nitrogens with zero attached hydrogens (tertiary/aromatic N) is 1. The van der Waals surface area contributed by atoms with Crippen LogP contribution in [0.5, 0.6) is 5.75 Å². The predicted molar refractivity (Wildman–Crippen MR) is 61.6 cm³/mol. The van der Waals surface area contributed by atoms with Gasteiger partial charge in [-0.25, -0.2) is 0 Å². The molecule has 1 aromatic rings. The van der Waals surface area contributed by atoms with Crippen molar-refractivity contribution >= 4 is 16.8 Å². The monoisotopic (exact) mass is 207 g/mol. The Kier molecular flexibility index (Phi) is 2.77. The summed E-state index contributed by atoms with van der Waals surface area (Å²) < 4.78 is 5.20. The number of benzene rings is 1. The zero-order chi connectivity index (χ0) is 9.97. The molecule has 2 rings (SSSR count). The van der Waals surface area contributed by atoms with Crippen LogP contribution in [0.4, 0.5) is 0 Å². The quantitative estimate of drug-likeness (QED) is 0.705. The van der Waals surface area contributed by atoms with E-state index in [4.69, 9.17) is 4.74 Å². The average molecular weight is 207 g/mol. The van der Waals surface area contributed by atoms with Gasteiger partial charge in [0.25, 0.3) is 0 Å². The largest absolute Gasteiger partial charge is 0.497 e. The lowest BCUT2D eigenvalue weighted by Gasteiger charge is -2.15. The first-order valence-corrected chi connectivity index (χ1v) is 5.83. The summed E-state index contributed by atoms with van der Waals surface area (Å²) >= 11 is 1.71. The van der Waals surface area contributed by atoms with Crippen molar-refractivity contribution < 1.29 is 4.74 Å². The molecule has 0 unspecified atom stereocenters. The van der Waals surface area contributed by atoms with Crippen molar-refractivity contribution in [2.24, 2.45) is 4.99 Å². The van der Waals surface area contributed by atoms with Crippen LogP contribution in [0.1, 0.15) is 11.1 Å². The molecule has 0 saturated heterocycles. The number of thioether (sulfide) groups is 1. The Morgan fingerprint density at radius 1 is 1.43 bits per heavy atom. The number of rotatable bonds is 1. The van der Waals surface area contributed by atoms with Gasteiger partial charge in [0.2, 0.25) is 0 Å². The molecule has 1 heterocycles. The summed E-state index contributed by atoms with van der Waals surface area (Å²) in [6, 6.07) is 6.21. The Bertz CT molecular complexity index is 374. The molecule has 0 aliphatic carbocycles. The Balaban J connectivity index is 2.43. The fourth-order valence-electron chi connectivity index (χ4n) is 1.65. The van der Waals surface area contributed by atoms with Gasteiger partial charge in [0, 0.05) is 12.1 Å². The van der Waals surface area contributed by atoms with Crippen molar-refractivity contribution in [1.82, 2.24) is 0 Å². The first-order valence-electron chi connectivity index (χ1n) is 4.61. The number of fused-ring (bicyclic) bond motifs is 1. The molecule has 0 aromatic heterocycles. The molecule has 0 amide bonds. The molecule has 1 aliphatic heterocycles. The van der Waals surface area contributed by atoms with E-state index in [0.29, 0.717) is 0 Å². The van der Waals surface area contributed by atoms with Gasteiger partial charge in [-0.15, -0.1) is 11.8 Å². The van der Waals surface area contributed by atoms with E-state index in [-0.39, 0.29) is 0 Å². The normalized spacial score (nSPS) is 14.6. The lowest BCUT2D eigenvalue weighted by Crippen LogP contribution is -2.09. The summed E-state index contributed by atoms with van der Waals surface area (Å²) in [7, 11) is 1.70. The molecule has 0 saturated carbocycles. The van der Waals surface area contributed by atoms with E-state index in [9.17, 15) is 0 Å². The highest BCUT2D eigenvalue weighted by molar-refractivity contribution is 8.13. The minimum atomic E-state index is 0.899. The molecule has 0 N–H and O–H groups in total. The zero-order valence-electron chi connectivity index (χ0n) is 8.41. The van der Waals surface area contributed by atoms with Gasteiger partial charge in [0.15, 0.2) is 0 Å². The van der Waals surface area contributed by atoms with Crippen LogP contribution in [0.25, 0.3) is 0 Å². The Morgan fingerprint density at radius 2 is 2.29 bits per heavy atom. The second-order valence-electron chi connectivity index (χ2n) is 3.16. The second kappa shape index (κ2) is 4.05. The van der Waals surface area contributed by atoms with E-state index in [1.54, 1.807) is 18.9 Å². The van der Waals surface area contributed by atoms with E-state index in [1.807, 2.05) is 6.07 Å². The van der Waals surface area contributed by atoms with Crippen LogP contribution in [0.2, 0.25) is 0 Å². The molecular weight excluding hydrogens is 194 g/mol. The topological polar surface area (TPSA) is 21.6 Å². The van der Waals surface area contributed by atoms with Gasteiger partial charge in [-0.2, -0.15) is 0 Å². The van der Waals surface area contributed by atoms with Crippen LogP contribution < -0.4 is 4.74 Å². The highest BCUT2D eigenvalue weighted by atomic mass is 32.2. The predicted octanol–water partition coefficient (Wildman–Crippen LogP) is 2.36. The first-order chi connectivity index (χ1) is 6.85. The molecule has 0 spiro atoms. The molecule has 0 radical (unpaired) electrons. The van der Waals surface area contributed by atoms with Crippen molar-refractivity contribution in [3.8, 4) is 5.75 Å². The summed E-state index contributed by atoms with van der Waals surface area (Å²) in [4.78, 5) is 4.48. The number of hydrogen-bond donors (Lipinski definition) is 0. The third-order valence-electron chi connectivity index (χ3n) is 2.37. The molecule has 0 bridgehead atoms. The molecule has 0 fully saturated rings. The third-order valence-corrected chi connectivity index (χ3v) is 3.11. The van der Waals surface area contributed by atoms with Gasteiger partial charge < -0.3 is 4.74 Å². The molecule has 74 valence electrons. The van der Waals surface area contributed by atoms with Gasteiger partial charge in [-0.1, -0.05) is 0 Å². The Morgan fingerprint density at radius 3 is 3.00 bits per heavy atom. The van der Waals surface area contributed by atoms with Crippen molar-refractivity contribution in [1.29, 1.82) is 0 Å². The highest BCUT2D eigenvalue weighted by Crippen LogP contribution is 2.25. The van der Waals surface area contributed by atoms with Gasteiger partial charge in [0.05, 0.1) is 12.2 Å². The second-order valence-corrected chi connectivity index (χ2v) is 3.96. The maximum Gasteiger partial charge on any atom is 0.119 e. The molecular formula is C11H13NOS. The lowest BCUT2D eigenvalue weighted by molar-refractivity contribution is 0.414. The van der Waals surface area contributed by atoms with E-state index < -0.39 is 0 Å². The molecule has 0 atom stereocenters. The van der Waals surface area contributed by atoms with Crippen molar-refractivity contribution in [2.75, 3.05) is 19.9 Å². The van der Waals surface area contributed by atoms with Gasteiger partial charge in [-0.3, -0.25) is 4.99 Å². The van der Waals surface area contributed by atoms with Crippen molar-refractivity contribution in [2.45, 2.75) is 6.42 Å². The lowest BCUT2D eigenvalue weighted by atomic mass is 10.0. The number of hydrogen-bond acceptors (Lipinski definition) is 3. The zero-order valence-corrected chi connectivity index (χ0v) is 9.23. The summed E-state index contributed by atoms with van der Waals surface area (Å²) in [6.07, 6.45) is 3.09. The maximum absolute atomic E-state index is 5.20. The van der Waals surface area contributed by atoms with E-state index >= 15 is 0 Å². The van der Waals surface area contributed by atoms with Crippen molar-refractivity contribution in [3.05, 3.63) is 29.3 Å². The van der Waals surface area contributed by atoms with Crippen LogP contribution >= 0.6 is 11.8 Å². The van der Waals surface area contributed by atoms with E-state index in [0.717, 1.165) is 23.8 Å². The molecule has 1 aliphatic rings. The molecule has 2 nitrogen and oxygen atoms in total. The van der Waals surface area contributed by atoms with Crippen LogP contribution in [-0.2, 0) is 6.42 Å². The summed E-state index contributed by atoms with van der Waals surface area (Å²) in [5, 5.41) is 1.15. The summed E-state index contributed by atoms with van der Waals surface area (Å²) in [5.74, 6) is 0.936. The first kappa shape index (κ1) is 9.59. The Hall–Kier alpha value is -0.960. The van der Waals surface area contributed by atoms with Crippen molar-refractivity contribution in [3.63, 3.8) is 0 Å². The van der Waals surface area contributed by atoms with Crippen LogP contribution in [0.3, 0.4) is 0 Å². The minimum absolute atomic E-state index is 0.899. The average Bonchev–Trinajstić information content (AvgIpc) is 2.27. The molecule has 1 aromatic carbocycles. The standard InChI is InChI=1S/C11H13NOS/c1-13-9-3-4-10-8(7-9)5-6-12-11(10)14-2/h3-4,7H,5-6H2,1-2H3. The van der Waals surface area contributed by atoms with Gasteiger partial charge in [0.1, 0.15) is 5.75 Å². The van der Waals surface area contributed by atoms with Gasteiger partial charge >= 0.3 is 0 Å². The minimum Gasteiger partial charge on any atom is -0.497 e. The fourth-order valence-corrected chi connectivity index (χ4v) is 2.29. The summed E-state index contributed by atoms with van der Waals surface area (Å²) in [5.41, 5.74) is 2.62. The molecule has 3 heteroatoms. The fraction of sp³-hybridized carbons (Fsp3) is 0.364. The number of ether oxygens (including phenoxy) is 1. The highest BCUT2D eigenvalue weighted by Gasteiger charge is 2.13. The summed E-state index contributed by atoms with van der Waals surface area (Å²) in [6.45, 7) is 0.899. The smallest absolute Gasteiger partial charge is 0.119 e. The van der Waals surface area contributed by atoms with Crippen LogP contribution in [-0.4, -0.2) is 25.0 Å². The molecule has 14 heavy (non-hydrogen) atoms. The van der Waals surface area contributed by atoms with Gasteiger partial charge in [-0.05, 0) is 36.4 Å². The Labute approximate surface area is 88.4 Å².